The quantitative estimate of drug-likeness (QED) is 0.634. The van der Waals surface area contributed by atoms with Crippen molar-refractivity contribution in [1.82, 2.24) is 0 Å². The van der Waals surface area contributed by atoms with E-state index in [9.17, 15) is 5.11 Å². The van der Waals surface area contributed by atoms with E-state index in [0.29, 0.717) is 5.56 Å². The van der Waals surface area contributed by atoms with Gasteiger partial charge in [0.2, 0.25) is 0 Å². The lowest BCUT2D eigenvalue weighted by atomic mass is 10.0. The van der Waals surface area contributed by atoms with Crippen molar-refractivity contribution in [2.75, 3.05) is 6.61 Å². The number of benzene rings is 2. The first kappa shape index (κ1) is 9.57. The van der Waals surface area contributed by atoms with Crippen LogP contribution in [-0.2, 0) is 0 Å². The van der Waals surface area contributed by atoms with Crippen LogP contribution in [-0.4, -0.2) is 16.8 Å². The molecule has 0 aliphatic rings. The van der Waals surface area contributed by atoms with Crippen LogP contribution >= 0.6 is 0 Å². The van der Waals surface area contributed by atoms with Crippen molar-refractivity contribution in [3.8, 4) is 17.6 Å². The van der Waals surface area contributed by atoms with Gasteiger partial charge in [-0.05, 0) is 11.5 Å². The zero-order chi connectivity index (χ0) is 10.7. The summed E-state index contributed by atoms with van der Waals surface area (Å²) in [4.78, 5) is 0. The fourth-order valence-electron chi connectivity index (χ4n) is 1.52. The van der Waals surface area contributed by atoms with Crippen LogP contribution in [0.25, 0.3) is 10.8 Å². The van der Waals surface area contributed by atoms with Crippen LogP contribution in [0, 0.1) is 11.8 Å². The van der Waals surface area contributed by atoms with Crippen molar-refractivity contribution in [2.24, 2.45) is 0 Å². The summed E-state index contributed by atoms with van der Waals surface area (Å²) in [5, 5.41) is 20.2. The number of hydrogen-bond acceptors (Lipinski definition) is 2. The Balaban J connectivity index is 2.74. The van der Waals surface area contributed by atoms with Crippen LogP contribution in [0.4, 0.5) is 0 Å². The van der Waals surface area contributed by atoms with Gasteiger partial charge in [0.1, 0.15) is 12.4 Å². The lowest BCUT2D eigenvalue weighted by Crippen LogP contribution is -1.82. The fourth-order valence-corrected chi connectivity index (χ4v) is 1.52. The molecule has 0 amide bonds. The van der Waals surface area contributed by atoms with Crippen LogP contribution in [0.2, 0.25) is 0 Å². The smallest absolute Gasteiger partial charge is 0.131 e. The number of hydrogen-bond donors (Lipinski definition) is 2. The van der Waals surface area contributed by atoms with Crippen molar-refractivity contribution in [3.63, 3.8) is 0 Å². The number of phenols is 1. The molecule has 2 nitrogen and oxygen atoms in total. The first-order valence-corrected chi connectivity index (χ1v) is 4.63. The summed E-state index contributed by atoms with van der Waals surface area (Å²) in [5.74, 6) is 5.45. The Morgan fingerprint density at radius 1 is 1.07 bits per heavy atom. The van der Waals surface area contributed by atoms with Crippen LogP contribution in [0.3, 0.4) is 0 Å². The maximum Gasteiger partial charge on any atom is 0.131 e. The molecule has 0 saturated carbocycles. The van der Waals surface area contributed by atoms with E-state index in [1.54, 1.807) is 6.07 Å². The highest BCUT2D eigenvalue weighted by atomic mass is 16.3. The Morgan fingerprint density at radius 2 is 1.87 bits per heavy atom. The summed E-state index contributed by atoms with van der Waals surface area (Å²) in [6.45, 7) is -0.206. The molecule has 2 heteroatoms. The largest absolute Gasteiger partial charge is 0.507 e. The molecule has 2 aromatic carbocycles. The molecule has 2 N–H and O–H groups in total. The minimum Gasteiger partial charge on any atom is -0.507 e. The molecule has 0 saturated heterocycles. The molecule has 0 unspecified atom stereocenters. The highest BCUT2D eigenvalue weighted by Crippen LogP contribution is 2.25. The van der Waals surface area contributed by atoms with Crippen LogP contribution in [0.5, 0.6) is 5.75 Å². The zero-order valence-corrected chi connectivity index (χ0v) is 8.07. The van der Waals surface area contributed by atoms with Crippen molar-refractivity contribution in [1.29, 1.82) is 0 Å². The average molecular weight is 198 g/mol. The molecule has 2 rings (SSSR count). The number of rotatable bonds is 0. The average Bonchev–Trinajstić information content (AvgIpc) is 2.28. The molecule has 0 aromatic heterocycles. The second-order valence-corrected chi connectivity index (χ2v) is 3.14. The Labute approximate surface area is 87.8 Å². The van der Waals surface area contributed by atoms with Crippen molar-refractivity contribution >= 4 is 10.8 Å². The number of aliphatic hydroxyl groups excluding tert-OH is 1. The normalized spacial score (nSPS) is 9.67. The first-order chi connectivity index (χ1) is 7.33. The van der Waals surface area contributed by atoms with Gasteiger partial charge in [-0.1, -0.05) is 42.2 Å². The molecule has 15 heavy (non-hydrogen) atoms. The molecule has 0 fully saturated rings. The maximum atomic E-state index is 9.65. The number of phenolic OH excluding ortho intramolecular Hbond substituents is 1. The van der Waals surface area contributed by atoms with E-state index in [1.807, 2.05) is 30.3 Å². The molecule has 0 aliphatic heterocycles. The topological polar surface area (TPSA) is 40.5 Å². The van der Waals surface area contributed by atoms with Crippen LogP contribution in [0.15, 0.2) is 36.4 Å². The van der Waals surface area contributed by atoms with Gasteiger partial charge in [-0.3, -0.25) is 0 Å². The lowest BCUT2D eigenvalue weighted by Gasteiger charge is -2.02. The van der Waals surface area contributed by atoms with E-state index in [1.165, 1.54) is 0 Å². The lowest BCUT2D eigenvalue weighted by molar-refractivity contribution is 0.350. The van der Waals surface area contributed by atoms with Gasteiger partial charge in [-0.15, -0.1) is 0 Å². The third-order valence-corrected chi connectivity index (χ3v) is 2.20. The van der Waals surface area contributed by atoms with Gasteiger partial charge in [0.25, 0.3) is 0 Å². The van der Waals surface area contributed by atoms with Crippen LogP contribution in [0.1, 0.15) is 5.56 Å². The molecule has 0 heterocycles. The Morgan fingerprint density at radius 3 is 2.67 bits per heavy atom. The van der Waals surface area contributed by atoms with Gasteiger partial charge < -0.3 is 10.2 Å². The third-order valence-electron chi connectivity index (χ3n) is 2.20. The van der Waals surface area contributed by atoms with E-state index in [-0.39, 0.29) is 12.4 Å². The molecular weight excluding hydrogens is 188 g/mol. The van der Waals surface area contributed by atoms with E-state index < -0.39 is 0 Å². The van der Waals surface area contributed by atoms with Crippen LogP contribution < -0.4 is 0 Å². The third kappa shape index (κ3) is 1.78. The van der Waals surface area contributed by atoms with Crippen molar-refractivity contribution in [3.05, 3.63) is 42.0 Å². The molecule has 0 atom stereocenters. The molecule has 0 spiro atoms. The van der Waals surface area contributed by atoms with Gasteiger partial charge in [0.05, 0.1) is 5.56 Å². The minimum atomic E-state index is -0.206. The van der Waals surface area contributed by atoms with E-state index in [0.717, 1.165) is 10.8 Å². The highest BCUT2D eigenvalue weighted by Gasteiger charge is 2.02. The van der Waals surface area contributed by atoms with Crippen molar-refractivity contribution < 1.29 is 10.2 Å². The highest BCUT2D eigenvalue weighted by molar-refractivity contribution is 5.90. The molecule has 0 aliphatic carbocycles. The number of fused-ring (bicyclic) bond motifs is 1. The summed E-state index contributed by atoms with van der Waals surface area (Å²) >= 11 is 0. The Hall–Kier alpha value is -1.98. The zero-order valence-electron chi connectivity index (χ0n) is 8.07. The summed E-state index contributed by atoms with van der Waals surface area (Å²) in [5.41, 5.74) is 0.571. The van der Waals surface area contributed by atoms with Gasteiger partial charge in [-0.2, -0.15) is 0 Å². The molecule has 0 bridgehead atoms. The van der Waals surface area contributed by atoms with Gasteiger partial charge >= 0.3 is 0 Å². The Kier molecular flexibility index (Phi) is 2.57. The predicted octanol–water partition coefficient (Wildman–Crippen LogP) is 1.89. The predicted molar refractivity (Wildman–Crippen MR) is 59.6 cm³/mol. The van der Waals surface area contributed by atoms with E-state index in [2.05, 4.69) is 11.8 Å². The first-order valence-electron chi connectivity index (χ1n) is 4.63. The van der Waals surface area contributed by atoms with E-state index in [4.69, 9.17) is 5.11 Å². The van der Waals surface area contributed by atoms with Gasteiger partial charge in [0.15, 0.2) is 0 Å². The summed E-state index contributed by atoms with van der Waals surface area (Å²) in [7, 11) is 0. The van der Waals surface area contributed by atoms with Gasteiger partial charge in [0, 0.05) is 5.39 Å². The summed E-state index contributed by atoms with van der Waals surface area (Å²) in [6, 6.07) is 11.1. The molecule has 0 radical (unpaired) electrons. The van der Waals surface area contributed by atoms with Gasteiger partial charge in [-0.25, -0.2) is 0 Å². The Bertz CT molecular complexity index is 547. The fraction of sp³-hybridized carbons (Fsp3) is 0.0769. The minimum absolute atomic E-state index is 0.148. The van der Waals surface area contributed by atoms with Crippen molar-refractivity contribution in [2.45, 2.75) is 0 Å². The SMILES string of the molecule is OCC#Cc1c(O)ccc2ccccc12. The monoisotopic (exact) mass is 198 g/mol. The number of aromatic hydroxyl groups is 1. The number of aliphatic hydroxyl groups is 1. The summed E-state index contributed by atoms with van der Waals surface area (Å²) in [6.07, 6.45) is 0. The molecule has 2 aromatic rings. The second-order valence-electron chi connectivity index (χ2n) is 3.14. The maximum absolute atomic E-state index is 9.65. The summed E-state index contributed by atoms with van der Waals surface area (Å²) < 4.78 is 0. The second kappa shape index (κ2) is 4.04. The standard InChI is InChI=1S/C13H10O2/c14-9-3-6-12-11-5-2-1-4-10(11)7-8-13(12)15/h1-2,4-5,7-8,14-15H,9H2. The molecular formula is C13H10O2. The molecule has 74 valence electrons. The van der Waals surface area contributed by atoms with E-state index >= 15 is 0 Å².